The Bertz CT molecular complexity index is 1860. The summed E-state index contributed by atoms with van der Waals surface area (Å²) < 4.78 is 3.58. The maximum Gasteiger partial charge on any atom is 0.324 e. The highest BCUT2D eigenvalue weighted by Gasteiger charge is 2.35. The average molecular weight is 630 g/mol. The first-order chi connectivity index (χ1) is 22.6. The van der Waals surface area contributed by atoms with Gasteiger partial charge in [0.2, 0.25) is 0 Å². The predicted octanol–water partition coefficient (Wildman–Crippen LogP) is 7.58. The molecule has 242 valence electrons. The Labute approximate surface area is 276 Å². The van der Waals surface area contributed by atoms with E-state index in [0.717, 1.165) is 59.8 Å². The zero-order chi connectivity index (χ0) is 33.1. The molecule has 9 heteroatoms. The van der Waals surface area contributed by atoms with Crippen molar-refractivity contribution in [2.45, 2.75) is 58.8 Å². The third-order valence-electron chi connectivity index (χ3n) is 8.96. The Balaban J connectivity index is 1.32. The molecule has 1 aliphatic heterocycles. The fraction of sp³-hybridized carbons (Fsp3) is 0.316. The zero-order valence-corrected chi connectivity index (χ0v) is 27.7. The first-order valence-electron chi connectivity index (χ1n) is 16.3. The van der Waals surface area contributed by atoms with Crippen LogP contribution in [0.3, 0.4) is 0 Å². The van der Waals surface area contributed by atoms with Crippen LogP contribution in [0.25, 0.3) is 11.4 Å². The number of ketones is 1. The van der Waals surface area contributed by atoms with Crippen molar-refractivity contribution in [3.8, 4) is 11.4 Å². The second kappa shape index (κ2) is 13.4. The first kappa shape index (κ1) is 31.9. The van der Waals surface area contributed by atoms with Gasteiger partial charge in [-0.1, -0.05) is 74.9 Å². The second-order valence-electron chi connectivity index (χ2n) is 13.4. The van der Waals surface area contributed by atoms with E-state index in [1.165, 1.54) is 0 Å². The summed E-state index contributed by atoms with van der Waals surface area (Å²) in [6.07, 6.45) is 3.39. The number of Topliss-reactive ketones (excluding diaryl/α,β-unsaturated/α-hetero) is 1. The highest BCUT2D eigenvalue weighted by Crippen LogP contribution is 2.38. The molecule has 5 aromatic rings. The highest BCUT2D eigenvalue weighted by atomic mass is 16.2. The standard InChI is InChI=1S/C38H43N7O2/c1-25-15-17-29(18-16-25)45-34(23-33(43-45)38(3,4)5)42-37(47)41-32-14-10-9-13-30(32)35(27-19-21-39-22-20-27)36(46)31-24-40-44(26(31)2)28-11-7-6-8-12-28/h6-18,23-24,27,35,39H,19-22H2,1-5H3,(H2,41,42,47). The van der Waals surface area contributed by atoms with Crippen LogP contribution in [-0.2, 0) is 5.41 Å². The van der Waals surface area contributed by atoms with E-state index in [1.807, 2.05) is 103 Å². The minimum Gasteiger partial charge on any atom is -0.317 e. The van der Waals surface area contributed by atoms with Crippen LogP contribution >= 0.6 is 0 Å². The molecule has 2 amide bonds. The fourth-order valence-corrected chi connectivity index (χ4v) is 6.31. The molecule has 1 saturated heterocycles. The SMILES string of the molecule is Cc1ccc(-n2nc(C(C)(C)C)cc2NC(=O)Nc2ccccc2C(C(=O)c2cnn(-c3ccccc3)c2C)C2CCNCC2)cc1. The number of nitrogens with one attached hydrogen (secondary N) is 3. The van der Waals surface area contributed by atoms with Crippen molar-refractivity contribution in [1.29, 1.82) is 0 Å². The molecule has 0 aliphatic carbocycles. The molecule has 1 aliphatic rings. The van der Waals surface area contributed by atoms with Crippen molar-refractivity contribution in [2.75, 3.05) is 23.7 Å². The molecular formula is C38H43N7O2. The number of hydrogen-bond donors (Lipinski definition) is 3. The van der Waals surface area contributed by atoms with E-state index in [2.05, 4.69) is 41.8 Å². The fourth-order valence-electron chi connectivity index (χ4n) is 6.31. The molecule has 0 bridgehead atoms. The lowest BCUT2D eigenvalue weighted by molar-refractivity contribution is 0.0915. The van der Waals surface area contributed by atoms with E-state index < -0.39 is 11.9 Å². The quantitative estimate of drug-likeness (QED) is 0.154. The molecule has 3 heterocycles. The number of amides is 2. The van der Waals surface area contributed by atoms with E-state index in [9.17, 15) is 9.59 Å². The van der Waals surface area contributed by atoms with Crippen molar-refractivity contribution in [2.24, 2.45) is 5.92 Å². The molecule has 0 spiro atoms. The molecule has 1 unspecified atom stereocenters. The number of nitrogens with zero attached hydrogens (tertiary/aromatic N) is 4. The number of hydrogen-bond acceptors (Lipinski definition) is 5. The topological polar surface area (TPSA) is 106 Å². The van der Waals surface area contributed by atoms with Crippen molar-refractivity contribution in [1.82, 2.24) is 24.9 Å². The Morgan fingerprint density at radius 3 is 2.21 bits per heavy atom. The van der Waals surface area contributed by atoms with Crippen LogP contribution in [0.4, 0.5) is 16.3 Å². The number of rotatable bonds is 8. The monoisotopic (exact) mass is 629 g/mol. The van der Waals surface area contributed by atoms with E-state index in [0.29, 0.717) is 17.1 Å². The predicted molar refractivity (Wildman–Crippen MR) is 187 cm³/mol. The number of para-hydroxylation sites is 2. The maximum atomic E-state index is 14.5. The maximum absolute atomic E-state index is 14.5. The van der Waals surface area contributed by atoms with Crippen LogP contribution in [-0.4, -0.2) is 44.5 Å². The van der Waals surface area contributed by atoms with Crippen LogP contribution in [0.5, 0.6) is 0 Å². The molecule has 3 aromatic carbocycles. The Hall–Kier alpha value is -5.02. The van der Waals surface area contributed by atoms with Gasteiger partial charge in [0.1, 0.15) is 5.82 Å². The van der Waals surface area contributed by atoms with Gasteiger partial charge in [0.05, 0.1) is 40.4 Å². The molecular weight excluding hydrogens is 586 g/mol. The summed E-state index contributed by atoms with van der Waals surface area (Å²) in [5.74, 6) is 0.222. The lowest BCUT2D eigenvalue weighted by Crippen LogP contribution is -2.34. The number of carbonyl (C=O) groups excluding carboxylic acids is 2. The summed E-state index contributed by atoms with van der Waals surface area (Å²) in [5, 5.41) is 19.0. The molecule has 2 aromatic heterocycles. The normalized spacial score (nSPS) is 14.5. The molecule has 0 saturated carbocycles. The van der Waals surface area contributed by atoms with Gasteiger partial charge in [-0.05, 0) is 81.6 Å². The number of urea groups is 1. The largest absolute Gasteiger partial charge is 0.324 e. The lowest BCUT2D eigenvalue weighted by atomic mass is 9.76. The van der Waals surface area contributed by atoms with Crippen LogP contribution in [0.1, 0.15) is 72.4 Å². The van der Waals surface area contributed by atoms with E-state index in [4.69, 9.17) is 5.10 Å². The van der Waals surface area contributed by atoms with Gasteiger partial charge in [0.25, 0.3) is 0 Å². The third-order valence-corrected chi connectivity index (χ3v) is 8.96. The van der Waals surface area contributed by atoms with Gasteiger partial charge in [-0.3, -0.25) is 10.1 Å². The summed E-state index contributed by atoms with van der Waals surface area (Å²) in [4.78, 5) is 28.3. The lowest BCUT2D eigenvalue weighted by Gasteiger charge is -2.31. The van der Waals surface area contributed by atoms with Gasteiger partial charge in [-0.25, -0.2) is 14.2 Å². The summed E-state index contributed by atoms with van der Waals surface area (Å²) in [7, 11) is 0. The van der Waals surface area contributed by atoms with E-state index in [-0.39, 0.29) is 17.1 Å². The molecule has 6 rings (SSSR count). The van der Waals surface area contributed by atoms with Crippen LogP contribution in [0.15, 0.2) is 91.1 Å². The van der Waals surface area contributed by atoms with E-state index >= 15 is 0 Å². The smallest absolute Gasteiger partial charge is 0.317 e. The van der Waals surface area contributed by atoms with Crippen molar-refractivity contribution in [3.05, 3.63) is 119 Å². The van der Waals surface area contributed by atoms with Crippen LogP contribution in [0.2, 0.25) is 0 Å². The summed E-state index contributed by atoms with van der Waals surface area (Å²) >= 11 is 0. The van der Waals surface area contributed by atoms with Gasteiger partial charge >= 0.3 is 6.03 Å². The van der Waals surface area contributed by atoms with Gasteiger partial charge in [0, 0.05) is 17.2 Å². The molecule has 1 fully saturated rings. The minimum atomic E-state index is -0.452. The number of aryl methyl sites for hydroxylation is 1. The van der Waals surface area contributed by atoms with E-state index in [1.54, 1.807) is 10.9 Å². The van der Waals surface area contributed by atoms with Crippen LogP contribution < -0.4 is 16.0 Å². The summed E-state index contributed by atoms with van der Waals surface area (Å²) in [6.45, 7) is 11.9. The van der Waals surface area contributed by atoms with Crippen LogP contribution in [0, 0.1) is 19.8 Å². The molecule has 1 atom stereocenters. The second-order valence-corrected chi connectivity index (χ2v) is 13.4. The number of piperidine rings is 1. The summed E-state index contributed by atoms with van der Waals surface area (Å²) in [6, 6.07) is 27.0. The first-order valence-corrected chi connectivity index (χ1v) is 16.3. The van der Waals surface area contributed by atoms with Crippen molar-refractivity contribution < 1.29 is 9.59 Å². The van der Waals surface area contributed by atoms with Gasteiger partial charge in [-0.2, -0.15) is 10.2 Å². The van der Waals surface area contributed by atoms with Gasteiger partial charge < -0.3 is 10.6 Å². The Kier molecular flexibility index (Phi) is 9.09. The van der Waals surface area contributed by atoms with Crippen molar-refractivity contribution in [3.63, 3.8) is 0 Å². The zero-order valence-electron chi connectivity index (χ0n) is 27.7. The molecule has 3 N–H and O–H groups in total. The number of carbonyl (C=O) groups is 2. The van der Waals surface area contributed by atoms with Crippen molar-refractivity contribution >= 4 is 23.3 Å². The Morgan fingerprint density at radius 1 is 0.851 bits per heavy atom. The minimum absolute atomic E-state index is 0.0125. The van der Waals surface area contributed by atoms with Gasteiger partial charge in [0.15, 0.2) is 5.78 Å². The number of aromatic nitrogens is 4. The molecule has 0 radical (unpaired) electrons. The number of anilines is 2. The summed E-state index contributed by atoms with van der Waals surface area (Å²) in [5.41, 5.74) is 6.32. The number of benzene rings is 3. The average Bonchev–Trinajstić information content (AvgIpc) is 3.67. The van der Waals surface area contributed by atoms with Gasteiger partial charge in [-0.15, -0.1) is 0 Å². The highest BCUT2D eigenvalue weighted by molar-refractivity contribution is 6.05. The Morgan fingerprint density at radius 2 is 1.51 bits per heavy atom. The third kappa shape index (κ3) is 6.90. The molecule has 47 heavy (non-hydrogen) atoms. The molecule has 9 nitrogen and oxygen atoms in total.